The van der Waals surface area contributed by atoms with Gasteiger partial charge in [-0.25, -0.2) is 0 Å². The van der Waals surface area contributed by atoms with Crippen molar-refractivity contribution >= 4 is 0 Å². The zero-order valence-corrected chi connectivity index (χ0v) is 16.2. The minimum atomic E-state index is 1.15. The van der Waals surface area contributed by atoms with Gasteiger partial charge in [0.2, 0.25) is 0 Å². The standard InChI is InChI=1S/C22H40N/c1-5-7-9-10-11-12-13-21-14-16-22(17-15-21)18-20-23(3,4)19-8-6-2/h14-17H,5-13,18-20H2,1-4H3/q+1. The van der Waals surface area contributed by atoms with Crippen LogP contribution in [-0.2, 0) is 12.8 Å². The van der Waals surface area contributed by atoms with E-state index < -0.39 is 0 Å². The predicted octanol–water partition coefficient (Wildman–Crippen LogP) is 6.01. The summed E-state index contributed by atoms with van der Waals surface area (Å²) in [4.78, 5) is 0. The second kappa shape index (κ2) is 11.7. The van der Waals surface area contributed by atoms with E-state index in [-0.39, 0.29) is 0 Å². The zero-order chi connectivity index (χ0) is 17.0. The van der Waals surface area contributed by atoms with Crippen molar-refractivity contribution in [2.24, 2.45) is 0 Å². The number of aryl methyl sites for hydroxylation is 1. The molecule has 0 fully saturated rings. The van der Waals surface area contributed by atoms with Crippen molar-refractivity contribution in [1.82, 2.24) is 0 Å². The highest BCUT2D eigenvalue weighted by Gasteiger charge is 2.13. The molecule has 0 spiro atoms. The summed E-state index contributed by atoms with van der Waals surface area (Å²) in [6.07, 6.45) is 13.4. The summed E-state index contributed by atoms with van der Waals surface area (Å²) >= 11 is 0. The Balaban J connectivity index is 2.25. The van der Waals surface area contributed by atoms with E-state index in [2.05, 4.69) is 52.2 Å². The Bertz CT molecular complexity index is 391. The van der Waals surface area contributed by atoms with Crippen molar-refractivity contribution in [2.45, 2.75) is 78.1 Å². The van der Waals surface area contributed by atoms with Crippen molar-refractivity contribution in [1.29, 1.82) is 0 Å². The first-order valence-electron chi connectivity index (χ1n) is 9.97. The van der Waals surface area contributed by atoms with Crippen molar-refractivity contribution in [3.8, 4) is 0 Å². The Kier molecular flexibility index (Phi) is 10.3. The molecule has 0 aliphatic rings. The molecular weight excluding hydrogens is 278 g/mol. The molecule has 1 aromatic carbocycles. The first kappa shape index (κ1) is 20.2. The van der Waals surface area contributed by atoms with Gasteiger partial charge in [-0.1, -0.05) is 76.6 Å². The molecule has 1 nitrogen and oxygen atoms in total. The highest BCUT2D eigenvalue weighted by atomic mass is 15.3. The average molecular weight is 319 g/mol. The van der Waals surface area contributed by atoms with Crippen molar-refractivity contribution in [3.05, 3.63) is 35.4 Å². The lowest BCUT2D eigenvalue weighted by atomic mass is 10.0. The van der Waals surface area contributed by atoms with E-state index in [0.717, 1.165) is 4.48 Å². The van der Waals surface area contributed by atoms with Gasteiger partial charge < -0.3 is 4.48 Å². The van der Waals surface area contributed by atoms with Crippen LogP contribution < -0.4 is 0 Å². The van der Waals surface area contributed by atoms with Crippen LogP contribution in [0.3, 0.4) is 0 Å². The molecule has 0 aliphatic carbocycles. The Morgan fingerprint density at radius 2 is 1.13 bits per heavy atom. The number of rotatable bonds is 13. The molecule has 0 bridgehead atoms. The third kappa shape index (κ3) is 9.81. The monoisotopic (exact) mass is 318 g/mol. The van der Waals surface area contributed by atoms with Crippen LogP contribution in [0.5, 0.6) is 0 Å². The largest absolute Gasteiger partial charge is 0.328 e. The molecule has 0 radical (unpaired) electrons. The lowest BCUT2D eigenvalue weighted by Gasteiger charge is -2.29. The van der Waals surface area contributed by atoms with Gasteiger partial charge in [0.15, 0.2) is 0 Å². The molecule has 0 saturated heterocycles. The number of unbranched alkanes of at least 4 members (excludes halogenated alkanes) is 6. The SMILES string of the molecule is CCCCCCCCc1ccc(CC[N+](C)(C)CCCC)cc1. The molecule has 0 N–H and O–H groups in total. The molecule has 132 valence electrons. The van der Waals surface area contributed by atoms with E-state index in [1.54, 1.807) is 0 Å². The van der Waals surface area contributed by atoms with Gasteiger partial charge >= 0.3 is 0 Å². The second-order valence-electron chi connectivity index (χ2n) is 7.82. The van der Waals surface area contributed by atoms with Crippen LogP contribution in [0.4, 0.5) is 0 Å². The molecule has 0 amide bonds. The minimum Gasteiger partial charge on any atom is -0.328 e. The summed E-state index contributed by atoms with van der Waals surface area (Å²) in [6.45, 7) is 7.11. The molecule has 0 saturated carbocycles. The zero-order valence-electron chi connectivity index (χ0n) is 16.2. The number of nitrogens with zero attached hydrogens (tertiary/aromatic N) is 1. The quantitative estimate of drug-likeness (QED) is 0.309. The van der Waals surface area contributed by atoms with Gasteiger partial charge in [0, 0.05) is 6.42 Å². The Morgan fingerprint density at radius 3 is 1.74 bits per heavy atom. The smallest absolute Gasteiger partial charge is 0.0823 e. The summed E-state index contributed by atoms with van der Waals surface area (Å²) in [5.74, 6) is 0. The number of hydrogen-bond donors (Lipinski definition) is 0. The Labute approximate surface area is 145 Å². The lowest BCUT2D eigenvalue weighted by Crippen LogP contribution is -2.42. The topological polar surface area (TPSA) is 0 Å². The van der Waals surface area contributed by atoms with E-state index in [1.165, 1.54) is 88.4 Å². The Morgan fingerprint density at radius 1 is 0.609 bits per heavy atom. The number of likely N-dealkylation sites (N-methyl/N-ethyl adjacent to an activating group) is 1. The van der Waals surface area contributed by atoms with Gasteiger partial charge in [-0.2, -0.15) is 0 Å². The van der Waals surface area contributed by atoms with Crippen LogP contribution in [0.2, 0.25) is 0 Å². The van der Waals surface area contributed by atoms with Gasteiger partial charge in [0.25, 0.3) is 0 Å². The van der Waals surface area contributed by atoms with Crippen molar-refractivity contribution in [3.63, 3.8) is 0 Å². The summed E-state index contributed by atoms with van der Waals surface area (Å²) in [5.41, 5.74) is 3.02. The van der Waals surface area contributed by atoms with Crippen LogP contribution in [0.25, 0.3) is 0 Å². The van der Waals surface area contributed by atoms with Gasteiger partial charge in [0.05, 0.1) is 27.2 Å². The molecule has 0 unspecified atom stereocenters. The third-order valence-electron chi connectivity index (χ3n) is 4.96. The van der Waals surface area contributed by atoms with Gasteiger partial charge in [0.1, 0.15) is 0 Å². The van der Waals surface area contributed by atoms with Crippen LogP contribution in [0.15, 0.2) is 24.3 Å². The Hall–Kier alpha value is -0.820. The fourth-order valence-corrected chi connectivity index (χ4v) is 3.11. The molecular formula is C22H40N+. The summed E-state index contributed by atoms with van der Waals surface area (Å²) in [7, 11) is 4.73. The van der Waals surface area contributed by atoms with Crippen LogP contribution >= 0.6 is 0 Å². The summed E-state index contributed by atoms with van der Waals surface area (Å²) in [5, 5.41) is 0. The normalized spacial score (nSPS) is 11.8. The highest BCUT2D eigenvalue weighted by molar-refractivity contribution is 5.22. The van der Waals surface area contributed by atoms with Crippen LogP contribution in [-0.4, -0.2) is 31.7 Å². The van der Waals surface area contributed by atoms with E-state index in [9.17, 15) is 0 Å². The number of hydrogen-bond acceptors (Lipinski definition) is 0. The molecule has 23 heavy (non-hydrogen) atoms. The van der Waals surface area contributed by atoms with Gasteiger partial charge in [-0.05, 0) is 30.4 Å². The highest BCUT2D eigenvalue weighted by Crippen LogP contribution is 2.12. The maximum absolute atomic E-state index is 2.36. The predicted molar refractivity (Wildman–Crippen MR) is 104 cm³/mol. The van der Waals surface area contributed by atoms with Crippen molar-refractivity contribution < 1.29 is 4.48 Å². The number of quaternary nitrogens is 1. The first-order valence-corrected chi connectivity index (χ1v) is 9.97. The lowest BCUT2D eigenvalue weighted by molar-refractivity contribution is -0.890. The summed E-state index contributed by atoms with van der Waals surface area (Å²) < 4.78 is 1.15. The van der Waals surface area contributed by atoms with Gasteiger partial charge in [-0.15, -0.1) is 0 Å². The van der Waals surface area contributed by atoms with Crippen molar-refractivity contribution in [2.75, 3.05) is 27.2 Å². The van der Waals surface area contributed by atoms with Crippen LogP contribution in [0, 0.1) is 0 Å². The molecule has 1 rings (SSSR count). The van der Waals surface area contributed by atoms with Crippen LogP contribution in [0.1, 0.15) is 76.3 Å². The second-order valence-corrected chi connectivity index (χ2v) is 7.82. The molecule has 1 heteroatoms. The van der Waals surface area contributed by atoms with E-state index in [0.29, 0.717) is 0 Å². The maximum atomic E-state index is 2.36. The van der Waals surface area contributed by atoms with Gasteiger partial charge in [-0.3, -0.25) is 0 Å². The molecule has 0 atom stereocenters. The summed E-state index contributed by atoms with van der Waals surface area (Å²) in [6, 6.07) is 9.42. The molecule has 0 aliphatic heterocycles. The fourth-order valence-electron chi connectivity index (χ4n) is 3.11. The minimum absolute atomic E-state index is 1.15. The van der Waals surface area contributed by atoms with E-state index in [4.69, 9.17) is 0 Å². The number of benzene rings is 1. The average Bonchev–Trinajstić information content (AvgIpc) is 2.55. The van der Waals surface area contributed by atoms with E-state index >= 15 is 0 Å². The maximum Gasteiger partial charge on any atom is 0.0823 e. The fraction of sp³-hybridized carbons (Fsp3) is 0.727. The first-order chi connectivity index (χ1) is 11.1. The third-order valence-corrected chi connectivity index (χ3v) is 4.96. The van der Waals surface area contributed by atoms with E-state index in [1.807, 2.05) is 0 Å². The molecule has 0 heterocycles. The molecule has 1 aromatic rings. The molecule has 0 aromatic heterocycles.